The molecule has 0 saturated carbocycles. The summed E-state index contributed by atoms with van der Waals surface area (Å²) in [7, 11) is 1.17. The van der Waals surface area contributed by atoms with Crippen LogP contribution >= 0.6 is 7.82 Å². The summed E-state index contributed by atoms with van der Waals surface area (Å²) in [6.07, 6.45) is 81.8. The Morgan fingerprint density at radius 1 is 0.422 bits per heavy atom. The number of phosphoric ester groups is 1. The predicted molar refractivity (Wildman–Crippen MR) is 358 cm³/mol. The van der Waals surface area contributed by atoms with Crippen molar-refractivity contribution >= 4 is 19.7 Å². The molecule has 484 valence electrons. The number of ether oxygens (including phenoxy) is 1. The summed E-state index contributed by atoms with van der Waals surface area (Å²) < 4.78 is 30.4. The molecular formula is C73H135N2O7P. The van der Waals surface area contributed by atoms with E-state index >= 15 is 0 Å². The fourth-order valence-electron chi connectivity index (χ4n) is 10.1. The summed E-state index contributed by atoms with van der Waals surface area (Å²) in [4.78, 5) is 40.1. The Morgan fingerprint density at radius 2 is 0.735 bits per heavy atom. The molecule has 83 heavy (non-hydrogen) atoms. The molecule has 0 aliphatic carbocycles. The van der Waals surface area contributed by atoms with Crippen molar-refractivity contribution in [3.8, 4) is 0 Å². The Kier molecular flexibility index (Phi) is 60.6. The molecule has 0 saturated heterocycles. The number of allylic oxidation sites excluding steroid dienone is 11. The van der Waals surface area contributed by atoms with Crippen LogP contribution in [0.2, 0.25) is 0 Å². The zero-order valence-corrected chi connectivity index (χ0v) is 56.3. The van der Waals surface area contributed by atoms with Crippen molar-refractivity contribution in [2.45, 2.75) is 341 Å². The fraction of sp³-hybridized carbons (Fsp3) is 0.808. The van der Waals surface area contributed by atoms with Crippen molar-refractivity contribution in [2.24, 2.45) is 0 Å². The maximum absolute atomic E-state index is 13.6. The van der Waals surface area contributed by atoms with Crippen LogP contribution in [-0.4, -0.2) is 69.4 Å². The van der Waals surface area contributed by atoms with Crippen molar-refractivity contribution in [3.63, 3.8) is 0 Å². The fourth-order valence-corrected chi connectivity index (χ4v) is 10.9. The van der Waals surface area contributed by atoms with Gasteiger partial charge in [0.25, 0.3) is 7.82 Å². The second-order valence-electron chi connectivity index (χ2n) is 25.0. The Hall–Kier alpha value is -2.55. The molecule has 0 aromatic rings. The van der Waals surface area contributed by atoms with Gasteiger partial charge < -0.3 is 28.5 Å². The van der Waals surface area contributed by atoms with Crippen LogP contribution in [-0.2, 0) is 27.9 Å². The van der Waals surface area contributed by atoms with Gasteiger partial charge in [-0.25, -0.2) is 0 Å². The molecule has 0 aliphatic rings. The molecule has 9 nitrogen and oxygen atoms in total. The molecule has 3 unspecified atom stereocenters. The van der Waals surface area contributed by atoms with Gasteiger partial charge in [-0.2, -0.15) is 0 Å². The largest absolute Gasteiger partial charge is 0.756 e. The number of amides is 1. The summed E-state index contributed by atoms with van der Waals surface area (Å²) in [6, 6.07) is -0.903. The number of nitrogens with one attached hydrogen (secondary N) is 1. The lowest BCUT2D eigenvalue weighted by Crippen LogP contribution is -2.47. The number of quaternary nitrogens is 1. The molecule has 0 heterocycles. The second-order valence-corrected chi connectivity index (χ2v) is 26.4. The van der Waals surface area contributed by atoms with E-state index in [0.717, 1.165) is 77.0 Å². The van der Waals surface area contributed by atoms with Gasteiger partial charge in [0.2, 0.25) is 5.91 Å². The summed E-state index contributed by atoms with van der Waals surface area (Å²) in [5.74, 6) is -0.569. The SMILES string of the molecule is CCCCC/C=C\C/C=C\C/C=C\C/C=C\CCCCCC(=O)OC(/C=C\CCCCCCCCCCC)C(COP(=O)([O-])OCC[N+](C)(C)C)NC(=O)CCCCCCCCCCCCCCCCCCC/C=C/CCCCCCCC. The van der Waals surface area contributed by atoms with Gasteiger partial charge in [-0.05, 0) is 102 Å². The van der Waals surface area contributed by atoms with E-state index in [0.29, 0.717) is 23.9 Å². The molecule has 0 aromatic carbocycles. The lowest BCUT2D eigenvalue weighted by Gasteiger charge is -2.30. The zero-order valence-electron chi connectivity index (χ0n) is 55.4. The molecule has 0 aromatic heterocycles. The topological polar surface area (TPSA) is 114 Å². The first-order valence-corrected chi connectivity index (χ1v) is 36.7. The average Bonchev–Trinajstić information content (AvgIpc) is 3.51. The minimum absolute atomic E-state index is 0.0286. The van der Waals surface area contributed by atoms with Gasteiger partial charge in [-0.15, -0.1) is 0 Å². The lowest BCUT2D eigenvalue weighted by molar-refractivity contribution is -0.870. The molecule has 0 bridgehead atoms. The number of nitrogens with zero attached hydrogens (tertiary/aromatic N) is 1. The van der Waals surface area contributed by atoms with Gasteiger partial charge in [-0.1, -0.05) is 287 Å². The lowest BCUT2D eigenvalue weighted by atomic mass is 10.0. The van der Waals surface area contributed by atoms with E-state index in [2.05, 4.69) is 86.8 Å². The van der Waals surface area contributed by atoms with Crippen molar-refractivity contribution in [3.05, 3.63) is 72.9 Å². The van der Waals surface area contributed by atoms with Crippen LogP contribution < -0.4 is 10.2 Å². The maximum atomic E-state index is 13.6. The summed E-state index contributed by atoms with van der Waals surface area (Å²) in [5, 5.41) is 3.03. The number of hydrogen-bond acceptors (Lipinski definition) is 7. The van der Waals surface area contributed by atoms with E-state index in [1.165, 1.54) is 212 Å². The van der Waals surface area contributed by atoms with Gasteiger partial charge in [0.15, 0.2) is 0 Å². The van der Waals surface area contributed by atoms with Crippen molar-refractivity contribution in [1.29, 1.82) is 0 Å². The standard InChI is InChI=1S/C73H135N2O7P/c1-7-10-13-16-19-22-25-27-29-31-33-34-35-36-37-38-39-40-42-43-45-47-50-53-56-59-62-65-72(76)74-70(69-81-83(78,79)80-68-67-75(4,5)6)71(64-61-58-55-52-49-24-21-18-15-12-9-3)82-73(77)66-63-60-57-54-51-48-46-44-41-32-30-28-26-23-20-17-14-11-8-2/h20,23,27-30,41,44,48,51,61,64,70-71H,7-19,21-22,24-26,31-40,42-43,45-47,49-50,52-60,62-63,65-69H2,1-6H3,(H-,74,76,78,79)/b23-20-,29-27+,30-28-,44-41-,51-48-,64-61-. The molecule has 1 amide bonds. The number of hydrogen-bond donors (Lipinski definition) is 1. The highest BCUT2D eigenvalue weighted by Gasteiger charge is 2.27. The monoisotopic (exact) mass is 1180 g/mol. The normalized spacial score (nSPS) is 14.0. The van der Waals surface area contributed by atoms with Gasteiger partial charge in [0.1, 0.15) is 19.3 Å². The molecular weight excluding hydrogens is 1050 g/mol. The van der Waals surface area contributed by atoms with Crippen LogP contribution in [0.3, 0.4) is 0 Å². The van der Waals surface area contributed by atoms with Crippen LogP contribution in [0, 0.1) is 0 Å². The van der Waals surface area contributed by atoms with E-state index in [4.69, 9.17) is 13.8 Å². The van der Waals surface area contributed by atoms with Crippen LogP contribution in [0.4, 0.5) is 0 Å². The zero-order chi connectivity index (χ0) is 60.7. The number of carbonyl (C=O) groups excluding carboxylic acids is 2. The van der Waals surface area contributed by atoms with Crippen LogP contribution in [0.25, 0.3) is 0 Å². The first kappa shape index (κ1) is 80.5. The molecule has 3 atom stereocenters. The Morgan fingerprint density at radius 3 is 1.14 bits per heavy atom. The first-order chi connectivity index (χ1) is 40.4. The van der Waals surface area contributed by atoms with Gasteiger partial charge >= 0.3 is 5.97 Å². The van der Waals surface area contributed by atoms with Crippen molar-refractivity contribution in [1.82, 2.24) is 5.32 Å². The summed E-state index contributed by atoms with van der Waals surface area (Å²) in [6.45, 7) is 6.81. The summed E-state index contributed by atoms with van der Waals surface area (Å²) in [5.41, 5.74) is 0. The van der Waals surface area contributed by atoms with E-state index < -0.39 is 26.6 Å². The summed E-state index contributed by atoms with van der Waals surface area (Å²) >= 11 is 0. The van der Waals surface area contributed by atoms with Gasteiger partial charge in [0.05, 0.1) is 33.8 Å². The third kappa shape index (κ3) is 63.8. The van der Waals surface area contributed by atoms with Crippen molar-refractivity contribution < 1.29 is 37.3 Å². The van der Waals surface area contributed by atoms with E-state index in [1.807, 2.05) is 33.3 Å². The molecule has 0 rings (SSSR count). The number of carbonyl (C=O) groups is 2. The maximum Gasteiger partial charge on any atom is 0.306 e. The van der Waals surface area contributed by atoms with Gasteiger partial charge in [-0.3, -0.25) is 14.2 Å². The number of esters is 1. The quantitative estimate of drug-likeness (QED) is 0.0212. The van der Waals surface area contributed by atoms with E-state index in [-0.39, 0.29) is 24.9 Å². The van der Waals surface area contributed by atoms with Gasteiger partial charge in [0, 0.05) is 12.8 Å². The molecule has 1 N–H and O–H groups in total. The van der Waals surface area contributed by atoms with Crippen LogP contribution in [0.1, 0.15) is 329 Å². The highest BCUT2D eigenvalue weighted by atomic mass is 31.2. The van der Waals surface area contributed by atoms with E-state index in [9.17, 15) is 19.0 Å². The third-order valence-electron chi connectivity index (χ3n) is 15.6. The molecule has 0 radical (unpaired) electrons. The Labute approximate surface area is 514 Å². The molecule has 10 heteroatoms. The number of phosphoric acid groups is 1. The predicted octanol–water partition coefficient (Wildman–Crippen LogP) is 21.7. The average molecular weight is 1180 g/mol. The number of rotatable bonds is 64. The Bertz CT molecular complexity index is 1650. The third-order valence-corrected chi connectivity index (χ3v) is 16.6. The minimum Gasteiger partial charge on any atom is -0.756 e. The highest BCUT2D eigenvalue weighted by molar-refractivity contribution is 7.45. The van der Waals surface area contributed by atoms with E-state index in [1.54, 1.807) is 0 Å². The Balaban J connectivity index is 5.03. The highest BCUT2D eigenvalue weighted by Crippen LogP contribution is 2.38. The first-order valence-electron chi connectivity index (χ1n) is 35.2. The van der Waals surface area contributed by atoms with Crippen molar-refractivity contribution in [2.75, 3.05) is 40.9 Å². The number of unbranched alkanes of at least 4 members (excludes halogenated alkanes) is 38. The van der Waals surface area contributed by atoms with Crippen LogP contribution in [0.5, 0.6) is 0 Å². The smallest absolute Gasteiger partial charge is 0.306 e. The molecule has 0 aliphatic heterocycles. The number of likely N-dealkylation sites (N-methyl/N-ethyl adjacent to an activating group) is 1. The molecule has 0 fully saturated rings. The van der Waals surface area contributed by atoms with Crippen LogP contribution in [0.15, 0.2) is 72.9 Å². The molecule has 0 spiro atoms. The second kappa shape index (κ2) is 62.5. The minimum atomic E-state index is -4.71.